The number of anilines is 1. The van der Waals surface area contributed by atoms with Gasteiger partial charge in [-0.1, -0.05) is 18.2 Å². The van der Waals surface area contributed by atoms with Gasteiger partial charge in [-0.25, -0.2) is 9.48 Å². The molecule has 0 bridgehead atoms. The van der Waals surface area contributed by atoms with Crippen LogP contribution in [0.1, 0.15) is 50.4 Å². The van der Waals surface area contributed by atoms with Gasteiger partial charge in [0.2, 0.25) is 0 Å². The summed E-state index contributed by atoms with van der Waals surface area (Å²) in [5, 5.41) is 7.47. The van der Waals surface area contributed by atoms with Crippen LogP contribution in [-0.2, 0) is 4.74 Å². The van der Waals surface area contributed by atoms with Crippen molar-refractivity contribution in [3.8, 4) is 5.69 Å². The Morgan fingerprint density at radius 3 is 2.46 bits per heavy atom. The number of aromatic nitrogens is 3. The van der Waals surface area contributed by atoms with Crippen LogP contribution in [0.15, 0.2) is 30.3 Å². The van der Waals surface area contributed by atoms with Gasteiger partial charge in [0.1, 0.15) is 5.69 Å². The number of hydrogen-bond donors (Lipinski definition) is 2. The molecule has 0 aliphatic carbocycles. The number of rotatable bonds is 5. The first-order valence-corrected chi connectivity index (χ1v) is 9.14. The Labute approximate surface area is 163 Å². The summed E-state index contributed by atoms with van der Waals surface area (Å²) in [7, 11) is 0. The Hall–Kier alpha value is -3.35. The second-order valence-electron chi connectivity index (χ2n) is 6.59. The number of esters is 1. The maximum atomic E-state index is 12.9. The Morgan fingerprint density at radius 1 is 1.14 bits per heavy atom. The molecule has 2 heterocycles. The number of para-hydroxylation sites is 1. The van der Waals surface area contributed by atoms with Crippen molar-refractivity contribution in [1.82, 2.24) is 14.8 Å². The largest absolute Gasteiger partial charge is 0.462 e. The standard InChI is InChI=1S/C21H24N4O3/c1-6-28-21(27)17-12(2)18(22-13(17)3)20(26)23-19-14(4)24-25(15(19)5)16-10-8-7-9-11-16/h7-11,22H,6H2,1-5H3,(H,23,26). The molecule has 0 spiro atoms. The quantitative estimate of drug-likeness (QED) is 0.658. The minimum atomic E-state index is -0.433. The Bertz CT molecular complexity index is 1030. The van der Waals surface area contributed by atoms with Crippen LogP contribution in [0.25, 0.3) is 5.69 Å². The fourth-order valence-corrected chi connectivity index (χ4v) is 3.31. The third-order valence-corrected chi connectivity index (χ3v) is 4.67. The molecule has 7 heteroatoms. The predicted octanol–water partition coefficient (Wildman–Crippen LogP) is 3.86. The molecule has 3 aromatic rings. The molecule has 2 N–H and O–H groups in total. The minimum Gasteiger partial charge on any atom is -0.462 e. The van der Waals surface area contributed by atoms with Gasteiger partial charge in [-0.05, 0) is 52.3 Å². The monoisotopic (exact) mass is 380 g/mol. The van der Waals surface area contributed by atoms with Crippen molar-refractivity contribution in [3.63, 3.8) is 0 Å². The fraction of sp³-hybridized carbons (Fsp3) is 0.286. The average molecular weight is 380 g/mol. The molecule has 0 radical (unpaired) electrons. The molecule has 0 saturated heterocycles. The summed E-state index contributed by atoms with van der Waals surface area (Å²) in [5.74, 6) is -0.757. The molecule has 2 aromatic heterocycles. The summed E-state index contributed by atoms with van der Waals surface area (Å²) >= 11 is 0. The van der Waals surface area contributed by atoms with E-state index in [2.05, 4.69) is 15.4 Å². The van der Waals surface area contributed by atoms with E-state index >= 15 is 0 Å². The van der Waals surface area contributed by atoms with Crippen molar-refractivity contribution >= 4 is 17.6 Å². The summed E-state index contributed by atoms with van der Waals surface area (Å²) in [6.45, 7) is 9.26. The zero-order valence-corrected chi connectivity index (χ0v) is 16.7. The first kappa shape index (κ1) is 19.4. The number of nitrogens with one attached hydrogen (secondary N) is 2. The van der Waals surface area contributed by atoms with Crippen molar-refractivity contribution in [2.24, 2.45) is 0 Å². The lowest BCUT2D eigenvalue weighted by Crippen LogP contribution is -2.15. The molecule has 0 aliphatic rings. The third kappa shape index (κ3) is 3.43. The molecule has 0 aliphatic heterocycles. The van der Waals surface area contributed by atoms with Crippen molar-refractivity contribution in [3.05, 3.63) is 64.2 Å². The number of carbonyl (C=O) groups excluding carboxylic acids is 2. The van der Waals surface area contributed by atoms with Crippen LogP contribution in [0, 0.1) is 27.7 Å². The van der Waals surface area contributed by atoms with E-state index in [0.29, 0.717) is 33.9 Å². The van der Waals surface area contributed by atoms with E-state index in [1.54, 1.807) is 25.5 Å². The number of amides is 1. The van der Waals surface area contributed by atoms with Crippen molar-refractivity contribution in [2.75, 3.05) is 11.9 Å². The Morgan fingerprint density at radius 2 is 1.82 bits per heavy atom. The maximum absolute atomic E-state index is 12.9. The number of aryl methyl sites for hydroxylation is 2. The van der Waals surface area contributed by atoms with Gasteiger partial charge in [0.15, 0.2) is 0 Å². The summed E-state index contributed by atoms with van der Waals surface area (Å²) in [6, 6.07) is 9.72. The van der Waals surface area contributed by atoms with Gasteiger partial charge in [0, 0.05) is 5.69 Å². The molecule has 7 nitrogen and oxygen atoms in total. The first-order chi connectivity index (χ1) is 13.3. The van der Waals surface area contributed by atoms with E-state index in [0.717, 1.165) is 11.4 Å². The van der Waals surface area contributed by atoms with E-state index in [4.69, 9.17) is 4.74 Å². The van der Waals surface area contributed by atoms with Crippen LogP contribution in [0.2, 0.25) is 0 Å². The highest BCUT2D eigenvalue weighted by atomic mass is 16.5. The Balaban J connectivity index is 1.92. The molecule has 28 heavy (non-hydrogen) atoms. The van der Waals surface area contributed by atoms with Crippen molar-refractivity contribution < 1.29 is 14.3 Å². The third-order valence-electron chi connectivity index (χ3n) is 4.67. The van der Waals surface area contributed by atoms with Crippen LogP contribution in [0.5, 0.6) is 0 Å². The van der Waals surface area contributed by atoms with Crippen LogP contribution in [0.3, 0.4) is 0 Å². The van der Waals surface area contributed by atoms with Gasteiger partial charge < -0.3 is 15.0 Å². The second kappa shape index (κ2) is 7.72. The maximum Gasteiger partial charge on any atom is 0.340 e. The van der Waals surface area contributed by atoms with Gasteiger partial charge in [-0.2, -0.15) is 5.10 Å². The zero-order chi connectivity index (χ0) is 20.4. The van der Waals surface area contributed by atoms with Gasteiger partial charge in [-0.15, -0.1) is 0 Å². The van der Waals surface area contributed by atoms with E-state index in [9.17, 15) is 9.59 Å². The number of H-pyrrole nitrogens is 1. The normalized spacial score (nSPS) is 10.8. The van der Waals surface area contributed by atoms with Gasteiger partial charge >= 0.3 is 5.97 Å². The van der Waals surface area contributed by atoms with Crippen LogP contribution in [0.4, 0.5) is 5.69 Å². The summed E-state index contributed by atoms with van der Waals surface area (Å²) in [6.07, 6.45) is 0. The lowest BCUT2D eigenvalue weighted by molar-refractivity contribution is 0.0525. The molecular formula is C21H24N4O3. The van der Waals surface area contributed by atoms with E-state index in [-0.39, 0.29) is 12.5 Å². The van der Waals surface area contributed by atoms with Crippen LogP contribution < -0.4 is 5.32 Å². The second-order valence-corrected chi connectivity index (χ2v) is 6.59. The summed E-state index contributed by atoms with van der Waals surface area (Å²) in [5.41, 5.74) is 5.02. The first-order valence-electron chi connectivity index (χ1n) is 9.14. The number of benzene rings is 1. The molecule has 146 valence electrons. The zero-order valence-electron chi connectivity index (χ0n) is 16.7. The SMILES string of the molecule is CCOC(=O)c1c(C)[nH]c(C(=O)Nc2c(C)nn(-c3ccccc3)c2C)c1C. The molecule has 0 saturated carbocycles. The molecular weight excluding hydrogens is 356 g/mol. The summed E-state index contributed by atoms with van der Waals surface area (Å²) < 4.78 is 6.88. The molecule has 0 fully saturated rings. The van der Waals surface area contributed by atoms with Crippen LogP contribution >= 0.6 is 0 Å². The van der Waals surface area contributed by atoms with Gasteiger partial charge in [-0.3, -0.25) is 4.79 Å². The Kier molecular flexibility index (Phi) is 5.35. The van der Waals surface area contributed by atoms with E-state index in [1.165, 1.54) is 0 Å². The molecule has 3 rings (SSSR count). The molecule has 0 atom stereocenters. The number of carbonyl (C=O) groups is 2. The van der Waals surface area contributed by atoms with Gasteiger partial charge in [0.25, 0.3) is 5.91 Å². The lowest BCUT2D eigenvalue weighted by atomic mass is 10.1. The van der Waals surface area contributed by atoms with E-state index < -0.39 is 5.97 Å². The van der Waals surface area contributed by atoms with E-state index in [1.807, 2.05) is 44.2 Å². The fourth-order valence-electron chi connectivity index (χ4n) is 3.31. The number of aromatic amines is 1. The number of hydrogen-bond acceptors (Lipinski definition) is 4. The molecule has 1 amide bonds. The summed E-state index contributed by atoms with van der Waals surface area (Å²) in [4.78, 5) is 28.1. The minimum absolute atomic E-state index is 0.279. The average Bonchev–Trinajstić information content (AvgIpc) is 3.12. The molecule has 0 unspecified atom stereocenters. The van der Waals surface area contributed by atoms with Crippen molar-refractivity contribution in [1.29, 1.82) is 0 Å². The highest BCUT2D eigenvalue weighted by molar-refractivity contribution is 6.07. The topological polar surface area (TPSA) is 89.0 Å². The smallest absolute Gasteiger partial charge is 0.340 e. The van der Waals surface area contributed by atoms with Crippen molar-refractivity contribution in [2.45, 2.75) is 34.6 Å². The predicted molar refractivity (Wildman–Crippen MR) is 107 cm³/mol. The molecule has 1 aromatic carbocycles. The number of ether oxygens (including phenoxy) is 1. The lowest BCUT2D eigenvalue weighted by Gasteiger charge is -2.07. The van der Waals surface area contributed by atoms with Crippen LogP contribution in [-0.4, -0.2) is 33.2 Å². The highest BCUT2D eigenvalue weighted by Crippen LogP contribution is 2.25. The highest BCUT2D eigenvalue weighted by Gasteiger charge is 2.24. The van der Waals surface area contributed by atoms with Gasteiger partial charge in [0.05, 0.1) is 34.9 Å². The number of nitrogens with zero attached hydrogens (tertiary/aromatic N) is 2.